The number of nitrogens with one attached hydrogen (secondary N) is 1. The summed E-state index contributed by atoms with van der Waals surface area (Å²) in [7, 11) is 0. The standard InChI is InChI=1S/C16H25N3O3S/c17-7-2-11-22-13-5-9-19(10-6-13)15(20)4-8-18-16(21)14-3-1-12-23-14/h1,3,12-13H,2,4-11,17H2,(H,18,21). The van der Waals surface area contributed by atoms with Gasteiger partial charge in [-0.1, -0.05) is 6.07 Å². The van der Waals surface area contributed by atoms with Gasteiger partial charge in [0.05, 0.1) is 11.0 Å². The van der Waals surface area contributed by atoms with Crippen LogP contribution >= 0.6 is 11.3 Å². The number of likely N-dealkylation sites (tertiary alicyclic amines) is 1. The number of nitrogens with two attached hydrogens (primary N) is 1. The minimum atomic E-state index is -0.111. The molecule has 0 atom stereocenters. The van der Waals surface area contributed by atoms with Gasteiger partial charge in [-0.15, -0.1) is 11.3 Å². The quantitative estimate of drug-likeness (QED) is 0.698. The molecule has 1 aliphatic heterocycles. The Morgan fingerprint density at radius 2 is 2.17 bits per heavy atom. The molecule has 6 nitrogen and oxygen atoms in total. The van der Waals surface area contributed by atoms with Crippen LogP contribution in [-0.2, 0) is 9.53 Å². The van der Waals surface area contributed by atoms with Gasteiger partial charge in [0.2, 0.25) is 5.91 Å². The van der Waals surface area contributed by atoms with Gasteiger partial charge in [-0.25, -0.2) is 0 Å². The molecule has 0 radical (unpaired) electrons. The maximum Gasteiger partial charge on any atom is 0.261 e. The summed E-state index contributed by atoms with van der Waals surface area (Å²) in [6, 6.07) is 3.61. The lowest BCUT2D eigenvalue weighted by Gasteiger charge is -2.32. The van der Waals surface area contributed by atoms with Gasteiger partial charge in [-0.05, 0) is 37.3 Å². The van der Waals surface area contributed by atoms with Crippen LogP contribution in [0.2, 0.25) is 0 Å². The molecule has 0 bridgehead atoms. The molecule has 1 aliphatic rings. The smallest absolute Gasteiger partial charge is 0.261 e. The topological polar surface area (TPSA) is 84.7 Å². The molecule has 7 heteroatoms. The molecule has 0 saturated carbocycles. The van der Waals surface area contributed by atoms with E-state index in [1.807, 2.05) is 16.3 Å². The van der Waals surface area contributed by atoms with Crippen molar-refractivity contribution in [1.29, 1.82) is 0 Å². The Kier molecular flexibility index (Phi) is 7.51. The number of rotatable bonds is 8. The molecule has 0 aliphatic carbocycles. The first-order valence-corrected chi connectivity index (χ1v) is 9.00. The number of thiophene rings is 1. The predicted molar refractivity (Wildman–Crippen MR) is 90.5 cm³/mol. The molecule has 2 rings (SSSR count). The van der Waals surface area contributed by atoms with E-state index in [0.717, 1.165) is 32.4 Å². The van der Waals surface area contributed by atoms with Gasteiger partial charge in [0.1, 0.15) is 0 Å². The van der Waals surface area contributed by atoms with E-state index in [0.29, 0.717) is 31.0 Å². The zero-order chi connectivity index (χ0) is 16.5. The van der Waals surface area contributed by atoms with Crippen molar-refractivity contribution in [1.82, 2.24) is 10.2 Å². The van der Waals surface area contributed by atoms with Crippen LogP contribution in [0.3, 0.4) is 0 Å². The lowest BCUT2D eigenvalue weighted by Crippen LogP contribution is -2.42. The molecule has 1 aromatic heterocycles. The average Bonchev–Trinajstić information content (AvgIpc) is 3.10. The van der Waals surface area contributed by atoms with Gasteiger partial charge in [-0.3, -0.25) is 9.59 Å². The second-order valence-corrected chi connectivity index (χ2v) is 6.52. The SMILES string of the molecule is NCCCOC1CCN(C(=O)CCNC(=O)c2cccs2)CC1. The van der Waals surface area contributed by atoms with Gasteiger partial charge in [0, 0.05) is 32.7 Å². The molecular formula is C16H25N3O3S. The monoisotopic (exact) mass is 339 g/mol. The zero-order valence-electron chi connectivity index (χ0n) is 13.3. The number of carbonyl (C=O) groups is 2. The Hall–Kier alpha value is -1.44. The van der Waals surface area contributed by atoms with Crippen molar-refractivity contribution in [3.8, 4) is 0 Å². The van der Waals surface area contributed by atoms with Crippen molar-refractivity contribution in [3.05, 3.63) is 22.4 Å². The van der Waals surface area contributed by atoms with Crippen LogP contribution < -0.4 is 11.1 Å². The Morgan fingerprint density at radius 3 is 2.83 bits per heavy atom. The van der Waals surface area contributed by atoms with E-state index in [1.165, 1.54) is 11.3 Å². The van der Waals surface area contributed by atoms with Crippen molar-refractivity contribution in [3.63, 3.8) is 0 Å². The molecule has 3 N–H and O–H groups in total. The minimum absolute atomic E-state index is 0.0943. The van der Waals surface area contributed by atoms with Crippen LogP contribution in [0.1, 0.15) is 35.4 Å². The number of ether oxygens (including phenoxy) is 1. The Balaban J connectivity index is 1.60. The molecule has 0 spiro atoms. The number of nitrogens with zero attached hydrogens (tertiary/aromatic N) is 1. The highest BCUT2D eigenvalue weighted by molar-refractivity contribution is 7.12. The number of hydrogen-bond donors (Lipinski definition) is 2. The highest BCUT2D eigenvalue weighted by atomic mass is 32.1. The molecule has 0 unspecified atom stereocenters. The van der Waals surface area contributed by atoms with Crippen LogP contribution in [0.5, 0.6) is 0 Å². The van der Waals surface area contributed by atoms with Gasteiger partial charge >= 0.3 is 0 Å². The molecule has 1 fully saturated rings. The van der Waals surface area contributed by atoms with Crippen LogP contribution in [0.25, 0.3) is 0 Å². The third-order valence-corrected chi connectivity index (χ3v) is 4.73. The van der Waals surface area contributed by atoms with E-state index in [9.17, 15) is 9.59 Å². The van der Waals surface area contributed by atoms with E-state index >= 15 is 0 Å². The first kappa shape index (κ1) is 17.9. The molecule has 128 valence electrons. The molecule has 23 heavy (non-hydrogen) atoms. The van der Waals surface area contributed by atoms with Crippen molar-refractivity contribution in [2.75, 3.05) is 32.8 Å². The molecular weight excluding hydrogens is 314 g/mol. The first-order chi connectivity index (χ1) is 11.2. The van der Waals surface area contributed by atoms with Crippen molar-refractivity contribution < 1.29 is 14.3 Å². The lowest BCUT2D eigenvalue weighted by molar-refractivity contribution is -0.133. The summed E-state index contributed by atoms with van der Waals surface area (Å²) in [5, 5.41) is 4.65. The summed E-state index contributed by atoms with van der Waals surface area (Å²) in [6.45, 7) is 3.18. The maximum absolute atomic E-state index is 12.2. The number of amides is 2. The second kappa shape index (κ2) is 9.64. The second-order valence-electron chi connectivity index (χ2n) is 5.58. The van der Waals surface area contributed by atoms with Gasteiger partial charge in [-0.2, -0.15) is 0 Å². The molecule has 1 aromatic rings. The highest BCUT2D eigenvalue weighted by Crippen LogP contribution is 2.14. The van der Waals surface area contributed by atoms with E-state index in [-0.39, 0.29) is 17.9 Å². The summed E-state index contributed by atoms with van der Waals surface area (Å²) in [4.78, 5) is 26.5. The van der Waals surface area contributed by atoms with Crippen LogP contribution in [-0.4, -0.2) is 55.6 Å². The van der Waals surface area contributed by atoms with E-state index in [2.05, 4.69) is 5.32 Å². The van der Waals surface area contributed by atoms with Crippen molar-refractivity contribution in [2.45, 2.75) is 31.8 Å². The van der Waals surface area contributed by atoms with Gasteiger partial charge < -0.3 is 20.7 Å². The Bertz CT molecular complexity index is 485. The first-order valence-electron chi connectivity index (χ1n) is 8.12. The largest absolute Gasteiger partial charge is 0.378 e. The van der Waals surface area contributed by atoms with E-state index in [4.69, 9.17) is 10.5 Å². The van der Waals surface area contributed by atoms with Crippen molar-refractivity contribution in [2.24, 2.45) is 5.73 Å². The summed E-state index contributed by atoms with van der Waals surface area (Å²) in [6.07, 6.45) is 3.21. The Labute approximate surface area is 141 Å². The van der Waals surface area contributed by atoms with Gasteiger partial charge in [0.15, 0.2) is 0 Å². The van der Waals surface area contributed by atoms with Crippen molar-refractivity contribution >= 4 is 23.2 Å². The Morgan fingerprint density at radius 1 is 1.39 bits per heavy atom. The average molecular weight is 339 g/mol. The molecule has 2 heterocycles. The fourth-order valence-electron chi connectivity index (χ4n) is 2.54. The third kappa shape index (κ3) is 5.93. The van der Waals surface area contributed by atoms with Crippen LogP contribution in [0, 0.1) is 0 Å². The van der Waals surface area contributed by atoms with E-state index < -0.39 is 0 Å². The molecule has 1 saturated heterocycles. The highest BCUT2D eigenvalue weighted by Gasteiger charge is 2.22. The number of piperidine rings is 1. The normalized spacial score (nSPS) is 15.6. The van der Waals surface area contributed by atoms with Gasteiger partial charge in [0.25, 0.3) is 5.91 Å². The minimum Gasteiger partial charge on any atom is -0.378 e. The fraction of sp³-hybridized carbons (Fsp3) is 0.625. The zero-order valence-corrected chi connectivity index (χ0v) is 14.1. The summed E-state index contributed by atoms with van der Waals surface area (Å²) >= 11 is 1.40. The number of hydrogen-bond acceptors (Lipinski definition) is 5. The fourth-order valence-corrected chi connectivity index (χ4v) is 3.18. The molecule has 2 amide bonds. The number of carbonyl (C=O) groups excluding carboxylic acids is 2. The van der Waals surface area contributed by atoms with Crippen LogP contribution in [0.15, 0.2) is 17.5 Å². The summed E-state index contributed by atoms with van der Waals surface area (Å²) in [5.74, 6) is -0.0169. The third-order valence-electron chi connectivity index (χ3n) is 3.87. The maximum atomic E-state index is 12.2. The molecule has 0 aromatic carbocycles. The van der Waals surface area contributed by atoms with Crippen LogP contribution in [0.4, 0.5) is 0 Å². The van der Waals surface area contributed by atoms with E-state index in [1.54, 1.807) is 6.07 Å². The predicted octanol–water partition coefficient (Wildman–Crippen LogP) is 1.22. The lowest BCUT2D eigenvalue weighted by atomic mass is 10.1. The summed E-state index contributed by atoms with van der Waals surface area (Å²) < 4.78 is 5.73. The summed E-state index contributed by atoms with van der Waals surface area (Å²) in [5.41, 5.74) is 5.44.